The maximum absolute atomic E-state index is 11.5. The highest BCUT2D eigenvalue weighted by atomic mass is 32.2. The first-order chi connectivity index (χ1) is 9.86. The molecule has 0 aromatic heterocycles. The maximum Gasteiger partial charge on any atom is 0.211 e. The molecule has 1 aromatic rings. The lowest BCUT2D eigenvalue weighted by molar-refractivity contribution is 0.381. The van der Waals surface area contributed by atoms with Crippen LogP contribution in [0.2, 0.25) is 0 Å². The van der Waals surface area contributed by atoms with Crippen molar-refractivity contribution in [3.8, 4) is 0 Å². The van der Waals surface area contributed by atoms with Gasteiger partial charge in [0.1, 0.15) is 0 Å². The van der Waals surface area contributed by atoms with Crippen molar-refractivity contribution in [2.75, 3.05) is 25.9 Å². The lowest BCUT2D eigenvalue weighted by atomic mass is 9.96. The summed E-state index contributed by atoms with van der Waals surface area (Å²) in [5.41, 5.74) is 1.28. The molecule has 21 heavy (non-hydrogen) atoms. The molecule has 120 valence electrons. The lowest BCUT2D eigenvalue weighted by Gasteiger charge is -2.24. The average Bonchev–Trinajstić information content (AvgIpc) is 2.42. The molecule has 0 aliphatic heterocycles. The zero-order valence-electron chi connectivity index (χ0n) is 13.5. The molecule has 1 unspecified atom stereocenters. The second-order valence-corrected chi connectivity index (χ2v) is 7.68. The minimum atomic E-state index is -3.08. The summed E-state index contributed by atoms with van der Waals surface area (Å²) in [7, 11) is -3.08. The summed E-state index contributed by atoms with van der Waals surface area (Å²) in [4.78, 5) is 0. The van der Waals surface area contributed by atoms with Gasteiger partial charge in [-0.05, 0) is 24.4 Å². The van der Waals surface area contributed by atoms with Crippen LogP contribution in [0.5, 0.6) is 0 Å². The van der Waals surface area contributed by atoms with Gasteiger partial charge in [-0.1, -0.05) is 51.1 Å². The number of sulfonamides is 1. The Balaban J connectivity index is 2.49. The van der Waals surface area contributed by atoms with Crippen molar-refractivity contribution in [1.82, 2.24) is 9.62 Å². The van der Waals surface area contributed by atoms with Crippen LogP contribution in [-0.4, -0.2) is 38.6 Å². The predicted molar refractivity (Wildman–Crippen MR) is 88.7 cm³/mol. The van der Waals surface area contributed by atoms with Crippen LogP contribution in [-0.2, 0) is 10.0 Å². The van der Waals surface area contributed by atoms with Crippen molar-refractivity contribution < 1.29 is 8.42 Å². The fraction of sp³-hybridized carbons (Fsp3) is 0.625. The third kappa shape index (κ3) is 6.16. The Hall–Kier alpha value is -0.910. The second-order valence-electron chi connectivity index (χ2n) is 5.69. The summed E-state index contributed by atoms with van der Waals surface area (Å²) in [6.07, 6.45) is 2.09. The van der Waals surface area contributed by atoms with Crippen molar-refractivity contribution in [3.63, 3.8) is 0 Å². The van der Waals surface area contributed by atoms with Gasteiger partial charge in [0.15, 0.2) is 0 Å². The second kappa shape index (κ2) is 8.51. The number of hydrogen-bond donors (Lipinski definition) is 1. The number of benzene rings is 1. The molecular weight excluding hydrogens is 284 g/mol. The molecule has 0 fully saturated rings. The fourth-order valence-electron chi connectivity index (χ4n) is 2.47. The van der Waals surface area contributed by atoms with E-state index in [1.807, 2.05) is 13.0 Å². The zero-order valence-corrected chi connectivity index (χ0v) is 14.4. The molecule has 0 spiro atoms. The van der Waals surface area contributed by atoms with Gasteiger partial charge in [0, 0.05) is 19.1 Å². The highest BCUT2D eigenvalue weighted by Crippen LogP contribution is 2.21. The van der Waals surface area contributed by atoms with E-state index in [-0.39, 0.29) is 0 Å². The van der Waals surface area contributed by atoms with Gasteiger partial charge in [0.25, 0.3) is 0 Å². The van der Waals surface area contributed by atoms with Crippen molar-refractivity contribution in [1.29, 1.82) is 0 Å². The molecule has 4 nitrogen and oxygen atoms in total. The maximum atomic E-state index is 11.5. The van der Waals surface area contributed by atoms with Gasteiger partial charge in [-0.25, -0.2) is 12.7 Å². The number of nitrogens with zero attached hydrogens (tertiary/aromatic N) is 1. The highest BCUT2D eigenvalue weighted by molar-refractivity contribution is 7.88. The molecule has 0 aliphatic rings. The van der Waals surface area contributed by atoms with Crippen LogP contribution in [0.25, 0.3) is 0 Å². The quantitative estimate of drug-likeness (QED) is 0.713. The van der Waals surface area contributed by atoms with Crippen LogP contribution in [0.4, 0.5) is 0 Å². The fourth-order valence-corrected chi connectivity index (χ4v) is 3.40. The largest absolute Gasteiger partial charge is 0.310 e. The van der Waals surface area contributed by atoms with E-state index in [0.717, 1.165) is 13.0 Å². The zero-order chi connectivity index (χ0) is 15.9. The van der Waals surface area contributed by atoms with E-state index in [4.69, 9.17) is 0 Å². The molecule has 0 radical (unpaired) electrons. The number of hydrogen-bond acceptors (Lipinski definition) is 3. The summed E-state index contributed by atoms with van der Waals surface area (Å²) < 4.78 is 24.6. The van der Waals surface area contributed by atoms with Gasteiger partial charge >= 0.3 is 0 Å². The standard InChI is InChI=1S/C16H28N2O2S/c1-5-18(21(4,19)20)13-9-12-17-16(14(2)3)15-10-7-6-8-11-15/h6-8,10-11,14,16-17H,5,9,12-13H2,1-4H3. The SMILES string of the molecule is CCN(CCCNC(c1ccccc1)C(C)C)S(C)(=O)=O. The molecule has 0 amide bonds. The molecule has 5 heteroatoms. The van der Waals surface area contributed by atoms with E-state index >= 15 is 0 Å². The Morgan fingerprint density at radius 3 is 2.29 bits per heavy atom. The first kappa shape index (κ1) is 18.1. The van der Waals surface area contributed by atoms with Crippen molar-refractivity contribution in [2.24, 2.45) is 5.92 Å². The van der Waals surface area contributed by atoms with Crippen LogP contribution in [0, 0.1) is 5.92 Å². The van der Waals surface area contributed by atoms with Crippen LogP contribution in [0.3, 0.4) is 0 Å². The van der Waals surface area contributed by atoms with Gasteiger partial charge in [0.2, 0.25) is 10.0 Å². The molecule has 0 saturated carbocycles. The van der Waals surface area contributed by atoms with Crippen molar-refractivity contribution in [3.05, 3.63) is 35.9 Å². The molecule has 1 rings (SSSR count). The number of rotatable bonds is 9. The highest BCUT2D eigenvalue weighted by Gasteiger charge is 2.16. The van der Waals surface area contributed by atoms with Gasteiger partial charge in [-0.3, -0.25) is 0 Å². The van der Waals surface area contributed by atoms with E-state index < -0.39 is 10.0 Å². The normalized spacial score (nSPS) is 13.8. The van der Waals surface area contributed by atoms with E-state index in [0.29, 0.717) is 25.0 Å². The molecular formula is C16H28N2O2S. The Bertz CT molecular complexity index is 500. The third-order valence-corrected chi connectivity index (χ3v) is 4.97. The average molecular weight is 312 g/mol. The molecule has 0 saturated heterocycles. The van der Waals surface area contributed by atoms with Crippen LogP contribution < -0.4 is 5.32 Å². The summed E-state index contributed by atoms with van der Waals surface area (Å²) in [5.74, 6) is 0.490. The monoisotopic (exact) mass is 312 g/mol. The van der Waals surface area contributed by atoms with E-state index in [1.165, 1.54) is 16.1 Å². The van der Waals surface area contributed by atoms with Gasteiger partial charge < -0.3 is 5.32 Å². The molecule has 1 N–H and O–H groups in total. The Kier molecular flexibility index (Phi) is 7.35. The molecule has 1 atom stereocenters. The van der Waals surface area contributed by atoms with E-state index in [1.54, 1.807) is 0 Å². The summed E-state index contributed by atoms with van der Waals surface area (Å²) >= 11 is 0. The molecule has 0 bridgehead atoms. The predicted octanol–water partition coefficient (Wildman–Crippen LogP) is 2.64. The first-order valence-corrected chi connectivity index (χ1v) is 9.44. The Morgan fingerprint density at radius 1 is 1.19 bits per heavy atom. The third-order valence-electron chi connectivity index (χ3n) is 3.60. The van der Waals surface area contributed by atoms with Crippen molar-refractivity contribution >= 4 is 10.0 Å². The first-order valence-electron chi connectivity index (χ1n) is 7.59. The van der Waals surface area contributed by atoms with Gasteiger partial charge in [0.05, 0.1) is 6.26 Å². The Labute approximate surface area is 129 Å². The van der Waals surface area contributed by atoms with Gasteiger partial charge in [-0.15, -0.1) is 0 Å². The lowest BCUT2D eigenvalue weighted by Crippen LogP contribution is -2.33. The van der Waals surface area contributed by atoms with Crippen LogP contribution in [0.15, 0.2) is 30.3 Å². The molecule has 0 heterocycles. The number of nitrogens with one attached hydrogen (secondary N) is 1. The van der Waals surface area contributed by atoms with E-state index in [2.05, 4.69) is 43.4 Å². The molecule has 1 aromatic carbocycles. The van der Waals surface area contributed by atoms with Crippen LogP contribution >= 0.6 is 0 Å². The summed E-state index contributed by atoms with van der Waals surface area (Å²) in [5, 5.41) is 3.54. The van der Waals surface area contributed by atoms with E-state index in [9.17, 15) is 8.42 Å². The minimum Gasteiger partial charge on any atom is -0.310 e. The topological polar surface area (TPSA) is 49.4 Å². The van der Waals surface area contributed by atoms with Crippen LogP contribution in [0.1, 0.15) is 38.8 Å². The molecule has 0 aliphatic carbocycles. The van der Waals surface area contributed by atoms with Crippen molar-refractivity contribution in [2.45, 2.75) is 33.2 Å². The minimum absolute atomic E-state index is 0.305. The summed E-state index contributed by atoms with van der Waals surface area (Å²) in [6.45, 7) is 8.17. The Morgan fingerprint density at radius 2 is 1.81 bits per heavy atom. The van der Waals surface area contributed by atoms with Gasteiger partial charge in [-0.2, -0.15) is 0 Å². The smallest absolute Gasteiger partial charge is 0.211 e. The summed E-state index contributed by atoms with van der Waals surface area (Å²) in [6, 6.07) is 10.7.